The number of hydrogen-bond donors (Lipinski definition) is 0. The minimum absolute atomic E-state index is 0.0784. The summed E-state index contributed by atoms with van der Waals surface area (Å²) in [7, 11) is 3.32. The summed E-state index contributed by atoms with van der Waals surface area (Å²) in [6, 6.07) is 34.6. The Kier molecular flexibility index (Phi) is 8.14. The minimum Gasteiger partial charge on any atom is -0.496 e. The Morgan fingerprint density at radius 1 is 0.896 bits per heavy atom. The zero-order valence-corrected chi connectivity index (χ0v) is 29.4. The van der Waals surface area contributed by atoms with E-state index in [9.17, 15) is 4.79 Å². The van der Waals surface area contributed by atoms with Crippen LogP contribution >= 0.6 is 33.9 Å². The number of nitrogens with zero attached hydrogens (tertiary/aromatic N) is 2. The molecule has 6 aromatic rings. The summed E-state index contributed by atoms with van der Waals surface area (Å²) < 4.78 is 21.4. The molecule has 2 aliphatic rings. The lowest BCUT2D eigenvalue weighted by Crippen LogP contribution is -2.39. The van der Waals surface area contributed by atoms with E-state index in [1.165, 1.54) is 22.3 Å². The molecule has 1 aromatic heterocycles. The van der Waals surface area contributed by atoms with Gasteiger partial charge in [-0.05, 0) is 92.7 Å². The van der Waals surface area contributed by atoms with Crippen molar-refractivity contribution in [1.29, 1.82) is 0 Å². The molecule has 0 saturated heterocycles. The Hall–Kier alpha value is -4.67. The van der Waals surface area contributed by atoms with E-state index in [2.05, 4.69) is 83.3 Å². The van der Waals surface area contributed by atoms with E-state index in [1.54, 1.807) is 14.2 Å². The monoisotopic (exact) mass is 762 g/mol. The molecule has 8 rings (SSSR count). The summed E-state index contributed by atoms with van der Waals surface area (Å²) in [4.78, 5) is 20.2. The average Bonchev–Trinajstić information content (AvgIpc) is 3.43. The van der Waals surface area contributed by atoms with Gasteiger partial charge in [0.2, 0.25) is 0 Å². The molecule has 1 aliphatic carbocycles. The Bertz CT molecular complexity index is 2440. The largest absolute Gasteiger partial charge is 0.496 e. The van der Waals surface area contributed by atoms with Crippen molar-refractivity contribution in [3.8, 4) is 17.2 Å². The number of aromatic nitrogens is 1. The fourth-order valence-corrected chi connectivity index (χ4v) is 8.66. The van der Waals surface area contributed by atoms with Crippen LogP contribution in [0.1, 0.15) is 40.3 Å². The van der Waals surface area contributed by atoms with Gasteiger partial charge in [0, 0.05) is 11.1 Å². The van der Waals surface area contributed by atoms with Crippen molar-refractivity contribution in [2.45, 2.75) is 25.5 Å². The first-order valence-electron chi connectivity index (χ1n) is 15.8. The van der Waals surface area contributed by atoms with Crippen LogP contribution in [0.2, 0.25) is 0 Å². The van der Waals surface area contributed by atoms with Crippen LogP contribution in [0.3, 0.4) is 0 Å². The summed E-state index contributed by atoms with van der Waals surface area (Å²) in [5.74, 6) is 2.04. The molecular weight excluding hydrogens is 731 g/mol. The van der Waals surface area contributed by atoms with Gasteiger partial charge in [0.1, 0.15) is 12.4 Å². The molecule has 6 nitrogen and oxygen atoms in total. The van der Waals surface area contributed by atoms with Gasteiger partial charge in [-0.3, -0.25) is 9.36 Å². The van der Waals surface area contributed by atoms with Crippen molar-refractivity contribution >= 4 is 56.5 Å². The molecule has 0 spiro atoms. The molecule has 0 radical (unpaired) electrons. The van der Waals surface area contributed by atoms with Crippen molar-refractivity contribution in [3.05, 3.63) is 160 Å². The molecule has 2 heterocycles. The Morgan fingerprint density at radius 2 is 1.67 bits per heavy atom. The predicted molar refractivity (Wildman–Crippen MR) is 200 cm³/mol. The van der Waals surface area contributed by atoms with E-state index in [0.29, 0.717) is 27.4 Å². The van der Waals surface area contributed by atoms with Gasteiger partial charge in [-0.2, -0.15) is 0 Å². The quantitative estimate of drug-likeness (QED) is 0.157. The third-order valence-electron chi connectivity index (χ3n) is 9.11. The summed E-state index contributed by atoms with van der Waals surface area (Å²) in [6.45, 7) is 0.405. The molecule has 0 unspecified atom stereocenters. The highest BCUT2D eigenvalue weighted by molar-refractivity contribution is 14.1. The molecule has 8 heteroatoms. The van der Waals surface area contributed by atoms with E-state index in [0.717, 1.165) is 61.1 Å². The van der Waals surface area contributed by atoms with Gasteiger partial charge < -0.3 is 14.2 Å². The number of halogens is 1. The Morgan fingerprint density at radius 3 is 2.54 bits per heavy atom. The van der Waals surface area contributed by atoms with Crippen LogP contribution in [0.5, 0.6) is 17.2 Å². The molecule has 0 saturated carbocycles. The van der Waals surface area contributed by atoms with Gasteiger partial charge in [-0.15, -0.1) is 0 Å². The second-order valence-electron chi connectivity index (χ2n) is 11.8. The van der Waals surface area contributed by atoms with E-state index in [4.69, 9.17) is 19.2 Å². The summed E-state index contributed by atoms with van der Waals surface area (Å²) in [5.41, 5.74) is 7.35. The molecular formula is C40H31IN2O4S. The lowest BCUT2D eigenvalue weighted by atomic mass is 9.83. The third-order valence-corrected chi connectivity index (χ3v) is 10.9. The molecule has 0 fully saturated rings. The third kappa shape index (κ3) is 5.33. The first kappa shape index (κ1) is 30.7. The standard InChI is InChI=1S/C40H31IN2O4S/c1-45-33-17-8-7-16-30(33)37-31-19-18-26-11-4-6-15-29(26)36(31)42-40-43(37)39(44)35(48-40)22-24-20-32(41)38(34(21-24)46-2)47-23-27-13-9-12-25-10-3-5-14-28(25)27/h3-17,20-22,37H,18-19,23H2,1-2H3/b35-22-/t37-/m1/s1. The number of allylic oxidation sites excluding steroid dienone is 1. The smallest absolute Gasteiger partial charge is 0.271 e. The second-order valence-corrected chi connectivity index (χ2v) is 14.0. The maximum absolute atomic E-state index is 14.4. The van der Waals surface area contributed by atoms with Crippen LogP contribution in [0.4, 0.5) is 0 Å². The predicted octanol–water partition coefficient (Wildman–Crippen LogP) is 7.67. The highest BCUT2D eigenvalue weighted by atomic mass is 127. The van der Waals surface area contributed by atoms with Crippen LogP contribution in [0, 0.1) is 3.57 Å². The lowest BCUT2D eigenvalue weighted by Gasteiger charge is -2.31. The van der Waals surface area contributed by atoms with Crippen molar-refractivity contribution in [1.82, 2.24) is 4.57 Å². The Balaban J connectivity index is 1.22. The van der Waals surface area contributed by atoms with Crippen LogP contribution in [-0.2, 0) is 13.0 Å². The summed E-state index contributed by atoms with van der Waals surface area (Å²) in [6.07, 6.45) is 3.64. The molecule has 1 atom stereocenters. The zero-order chi connectivity index (χ0) is 32.8. The summed E-state index contributed by atoms with van der Waals surface area (Å²) >= 11 is 3.69. The zero-order valence-electron chi connectivity index (χ0n) is 26.4. The number of ether oxygens (including phenoxy) is 3. The number of aryl methyl sites for hydroxylation is 1. The number of rotatable bonds is 7. The molecule has 0 N–H and O–H groups in total. The van der Waals surface area contributed by atoms with Crippen LogP contribution in [0.15, 0.2) is 118 Å². The van der Waals surface area contributed by atoms with E-state index >= 15 is 0 Å². The lowest BCUT2D eigenvalue weighted by molar-refractivity contribution is 0.283. The second kappa shape index (κ2) is 12.7. The topological polar surface area (TPSA) is 62.0 Å². The molecule has 48 heavy (non-hydrogen) atoms. The highest BCUT2D eigenvalue weighted by Crippen LogP contribution is 2.43. The van der Waals surface area contributed by atoms with Gasteiger partial charge in [0.25, 0.3) is 5.56 Å². The molecule has 0 bridgehead atoms. The fraction of sp³-hybridized carbons (Fsp3) is 0.150. The maximum Gasteiger partial charge on any atom is 0.271 e. The van der Waals surface area contributed by atoms with Gasteiger partial charge in [-0.25, -0.2) is 4.99 Å². The first-order chi connectivity index (χ1) is 23.5. The normalized spacial score (nSPS) is 15.4. The highest BCUT2D eigenvalue weighted by Gasteiger charge is 2.34. The molecule has 0 amide bonds. The number of methoxy groups -OCH3 is 2. The van der Waals surface area contributed by atoms with Crippen LogP contribution < -0.4 is 29.1 Å². The van der Waals surface area contributed by atoms with E-state index in [1.807, 2.05) is 53.1 Å². The van der Waals surface area contributed by atoms with Crippen molar-refractivity contribution in [2.75, 3.05) is 14.2 Å². The number of fused-ring (bicyclic) bond motifs is 4. The number of benzene rings is 5. The van der Waals surface area contributed by atoms with Gasteiger partial charge in [0.15, 0.2) is 16.3 Å². The number of hydrogen-bond acceptors (Lipinski definition) is 6. The maximum atomic E-state index is 14.4. The molecule has 1 aliphatic heterocycles. The van der Waals surface area contributed by atoms with Gasteiger partial charge in [0.05, 0.1) is 34.1 Å². The number of thiazole rings is 1. The molecule has 238 valence electrons. The van der Waals surface area contributed by atoms with Gasteiger partial charge in [-0.1, -0.05) is 96.3 Å². The first-order valence-corrected chi connectivity index (χ1v) is 17.7. The number of para-hydroxylation sites is 1. The molecule has 5 aromatic carbocycles. The van der Waals surface area contributed by atoms with E-state index in [-0.39, 0.29) is 11.6 Å². The minimum atomic E-state index is -0.317. The fourth-order valence-electron chi connectivity index (χ4n) is 6.87. The van der Waals surface area contributed by atoms with Crippen molar-refractivity contribution < 1.29 is 14.2 Å². The SMILES string of the molecule is COc1ccccc1[C@@H]1C2=C(N=c3s/c(=C\c4cc(I)c(OCc5cccc6ccccc56)c(OC)c4)c(=O)n31)c1ccccc1CC2. The average molecular weight is 763 g/mol. The Labute approximate surface area is 295 Å². The van der Waals surface area contributed by atoms with Crippen molar-refractivity contribution in [2.24, 2.45) is 4.99 Å². The van der Waals surface area contributed by atoms with Crippen LogP contribution in [0.25, 0.3) is 22.5 Å². The van der Waals surface area contributed by atoms with Gasteiger partial charge >= 0.3 is 0 Å². The van der Waals surface area contributed by atoms with Crippen LogP contribution in [-0.4, -0.2) is 18.8 Å². The van der Waals surface area contributed by atoms with E-state index < -0.39 is 0 Å². The van der Waals surface area contributed by atoms with Crippen molar-refractivity contribution in [3.63, 3.8) is 0 Å². The summed E-state index contributed by atoms with van der Waals surface area (Å²) in [5, 5.41) is 2.34.